The van der Waals surface area contributed by atoms with Crippen LogP contribution in [0.25, 0.3) is 22.1 Å². The molecule has 1 fully saturated rings. The van der Waals surface area contributed by atoms with E-state index in [0.29, 0.717) is 22.4 Å². The average molecular weight is 613 g/mol. The van der Waals surface area contributed by atoms with E-state index in [1.165, 1.54) is 25.3 Å². The second kappa shape index (κ2) is 13.6. The first-order valence-electron chi connectivity index (χ1n) is 13.6. The number of hydrogen-bond acceptors (Lipinski definition) is 13. The van der Waals surface area contributed by atoms with Gasteiger partial charge in [0.1, 0.15) is 36.1 Å². The Labute approximate surface area is 251 Å². The van der Waals surface area contributed by atoms with Crippen molar-refractivity contribution in [3.05, 3.63) is 58.4 Å². The van der Waals surface area contributed by atoms with Crippen LogP contribution in [0.1, 0.15) is 33.3 Å². The first-order chi connectivity index (χ1) is 20.9. The molecule has 13 heteroatoms. The van der Waals surface area contributed by atoms with Crippen LogP contribution in [0.2, 0.25) is 0 Å². The largest absolute Gasteiger partial charge is 0.497 e. The van der Waals surface area contributed by atoms with Crippen LogP contribution >= 0.6 is 0 Å². The highest BCUT2D eigenvalue weighted by molar-refractivity contribution is 5.85. The maximum Gasteiger partial charge on any atom is 0.303 e. The van der Waals surface area contributed by atoms with Crippen molar-refractivity contribution in [3.8, 4) is 22.6 Å². The van der Waals surface area contributed by atoms with Crippen molar-refractivity contribution in [2.75, 3.05) is 13.7 Å². The third kappa shape index (κ3) is 7.17. The van der Waals surface area contributed by atoms with Gasteiger partial charge in [0, 0.05) is 33.3 Å². The van der Waals surface area contributed by atoms with Crippen LogP contribution in [-0.4, -0.2) is 68.3 Å². The minimum atomic E-state index is -1.45. The van der Waals surface area contributed by atoms with Crippen LogP contribution in [0.5, 0.6) is 11.5 Å². The van der Waals surface area contributed by atoms with Crippen molar-refractivity contribution < 1.29 is 56.8 Å². The molecule has 13 nitrogen and oxygen atoms in total. The lowest BCUT2D eigenvalue weighted by Crippen LogP contribution is -2.63. The zero-order valence-corrected chi connectivity index (χ0v) is 24.9. The molecule has 1 saturated heterocycles. The normalized spacial score (nSPS) is 21.2. The van der Waals surface area contributed by atoms with E-state index in [0.717, 1.165) is 20.8 Å². The summed E-state index contributed by atoms with van der Waals surface area (Å²) < 4.78 is 44.6. The summed E-state index contributed by atoms with van der Waals surface area (Å²) >= 11 is 0. The molecule has 2 heterocycles. The molecule has 0 N–H and O–H groups in total. The summed E-state index contributed by atoms with van der Waals surface area (Å²) in [5.41, 5.74) is 1.34. The second-order valence-electron chi connectivity index (χ2n) is 9.96. The SMILES string of the molecule is COc1ccc(-c2coc3c(C)c(O[C@@H]4O[C@H](COC(C)=O)[C@H](OC(C)=O)[C@H](OC(C)=O)[C@H]4OC(C)=O)ccc3c2=O)cc1. The molecule has 234 valence electrons. The van der Waals surface area contributed by atoms with Crippen LogP contribution < -0.4 is 14.9 Å². The highest BCUT2D eigenvalue weighted by Crippen LogP contribution is 2.34. The Balaban J connectivity index is 1.73. The van der Waals surface area contributed by atoms with Crippen LogP contribution in [0.3, 0.4) is 0 Å². The first-order valence-corrected chi connectivity index (χ1v) is 13.6. The minimum absolute atomic E-state index is 0.179. The number of methoxy groups -OCH3 is 1. The number of esters is 4. The number of carbonyl (C=O) groups excluding carboxylic acids is 4. The number of fused-ring (bicyclic) bond motifs is 1. The molecule has 0 spiro atoms. The Hall–Kier alpha value is -4.91. The van der Waals surface area contributed by atoms with E-state index in [9.17, 15) is 24.0 Å². The third-order valence-corrected chi connectivity index (χ3v) is 6.73. The van der Waals surface area contributed by atoms with E-state index in [1.54, 1.807) is 38.3 Å². The van der Waals surface area contributed by atoms with Crippen LogP contribution in [0.4, 0.5) is 0 Å². The zero-order chi connectivity index (χ0) is 32.1. The molecule has 1 aromatic heterocycles. The lowest BCUT2D eigenvalue weighted by atomic mass is 9.98. The Bertz CT molecular complexity index is 1610. The molecule has 0 saturated carbocycles. The van der Waals surface area contributed by atoms with Gasteiger partial charge in [0.2, 0.25) is 17.8 Å². The van der Waals surface area contributed by atoms with Gasteiger partial charge in [-0.1, -0.05) is 12.1 Å². The fraction of sp³-hybridized carbons (Fsp3) is 0.387. The van der Waals surface area contributed by atoms with E-state index in [2.05, 4.69) is 0 Å². The molecule has 1 aliphatic heterocycles. The van der Waals surface area contributed by atoms with Crippen molar-refractivity contribution in [3.63, 3.8) is 0 Å². The molecule has 0 bridgehead atoms. The monoisotopic (exact) mass is 612 g/mol. The number of carbonyl (C=O) groups is 4. The molecule has 2 aromatic carbocycles. The quantitative estimate of drug-likeness (QED) is 0.256. The Kier molecular flexibility index (Phi) is 9.89. The molecule has 44 heavy (non-hydrogen) atoms. The molecular formula is C31H32O13. The number of aryl methyl sites for hydroxylation is 1. The Morgan fingerprint density at radius 2 is 1.41 bits per heavy atom. The summed E-state index contributed by atoms with van der Waals surface area (Å²) in [7, 11) is 1.55. The third-order valence-electron chi connectivity index (χ3n) is 6.73. The van der Waals surface area contributed by atoms with Gasteiger partial charge in [-0.05, 0) is 36.8 Å². The lowest BCUT2D eigenvalue weighted by molar-refractivity contribution is -0.288. The molecular weight excluding hydrogens is 580 g/mol. The first kappa shape index (κ1) is 32.0. The van der Waals surface area contributed by atoms with Crippen molar-refractivity contribution in [1.29, 1.82) is 0 Å². The standard InChI is InChI=1S/C31H32O13/c1-15-24(12-11-22-26(36)23(13-39-27(15)22)20-7-9-21(37-6)10-8-20)43-31-30(42-19(5)35)29(41-18(4)34)28(40-17(3)33)25(44-31)14-38-16(2)32/h7-13,25,28-31H,14H2,1-6H3/t25-,28+,29+,30-,31-/m1/s1. The summed E-state index contributed by atoms with van der Waals surface area (Å²) in [6.07, 6.45) is -5.43. The maximum absolute atomic E-state index is 13.4. The van der Waals surface area contributed by atoms with Gasteiger partial charge in [0.15, 0.2) is 12.2 Å². The van der Waals surface area contributed by atoms with E-state index < -0.39 is 61.2 Å². The van der Waals surface area contributed by atoms with Gasteiger partial charge in [-0.2, -0.15) is 0 Å². The topological polar surface area (TPSA) is 163 Å². The van der Waals surface area contributed by atoms with Crippen LogP contribution in [-0.2, 0) is 42.9 Å². The summed E-state index contributed by atoms with van der Waals surface area (Å²) in [5.74, 6) is -2.12. The fourth-order valence-electron chi connectivity index (χ4n) is 4.83. The van der Waals surface area contributed by atoms with E-state index in [-0.39, 0.29) is 22.1 Å². The number of rotatable bonds is 9. The van der Waals surface area contributed by atoms with Crippen molar-refractivity contribution in [1.82, 2.24) is 0 Å². The molecule has 0 unspecified atom stereocenters. The van der Waals surface area contributed by atoms with Gasteiger partial charge >= 0.3 is 23.9 Å². The maximum atomic E-state index is 13.4. The van der Waals surface area contributed by atoms with Gasteiger partial charge in [-0.3, -0.25) is 24.0 Å². The zero-order valence-electron chi connectivity index (χ0n) is 24.9. The summed E-state index contributed by atoms with van der Waals surface area (Å²) in [4.78, 5) is 61.2. The van der Waals surface area contributed by atoms with Crippen LogP contribution in [0, 0.1) is 6.92 Å². The van der Waals surface area contributed by atoms with Gasteiger partial charge in [0.05, 0.1) is 18.1 Å². The molecule has 3 aromatic rings. The van der Waals surface area contributed by atoms with Gasteiger partial charge in [0.25, 0.3) is 0 Å². The van der Waals surface area contributed by atoms with E-state index in [4.69, 9.17) is 37.6 Å². The van der Waals surface area contributed by atoms with Crippen LogP contribution in [0.15, 0.2) is 51.9 Å². The molecule has 1 aliphatic rings. The molecule has 5 atom stereocenters. The number of hydrogen-bond donors (Lipinski definition) is 0. The molecule has 0 amide bonds. The Morgan fingerprint density at radius 1 is 0.795 bits per heavy atom. The van der Waals surface area contributed by atoms with E-state index in [1.807, 2.05) is 0 Å². The fourth-order valence-corrected chi connectivity index (χ4v) is 4.83. The summed E-state index contributed by atoms with van der Waals surface area (Å²) in [5, 5.41) is 0.282. The predicted molar refractivity (Wildman–Crippen MR) is 152 cm³/mol. The minimum Gasteiger partial charge on any atom is -0.497 e. The molecule has 0 aliphatic carbocycles. The summed E-state index contributed by atoms with van der Waals surface area (Å²) in [6, 6.07) is 9.98. The highest BCUT2D eigenvalue weighted by Gasteiger charge is 2.53. The van der Waals surface area contributed by atoms with Gasteiger partial charge in [-0.25, -0.2) is 0 Å². The lowest BCUT2D eigenvalue weighted by Gasteiger charge is -2.44. The predicted octanol–water partition coefficient (Wildman–Crippen LogP) is 3.24. The highest BCUT2D eigenvalue weighted by atomic mass is 16.7. The van der Waals surface area contributed by atoms with Gasteiger partial charge < -0.3 is 37.6 Å². The van der Waals surface area contributed by atoms with Gasteiger partial charge in [-0.15, -0.1) is 0 Å². The van der Waals surface area contributed by atoms with E-state index >= 15 is 0 Å². The molecule has 0 radical (unpaired) electrons. The number of ether oxygens (including phenoxy) is 7. The second-order valence-corrected chi connectivity index (χ2v) is 9.96. The average Bonchev–Trinajstić information content (AvgIpc) is 2.96. The smallest absolute Gasteiger partial charge is 0.303 e. The Morgan fingerprint density at radius 3 is 2.00 bits per heavy atom. The van der Waals surface area contributed by atoms with Crippen molar-refractivity contribution in [2.24, 2.45) is 0 Å². The summed E-state index contributed by atoms with van der Waals surface area (Å²) in [6.45, 7) is 5.80. The molecule has 4 rings (SSSR count). The van der Waals surface area contributed by atoms with Crippen molar-refractivity contribution in [2.45, 2.75) is 65.3 Å². The van der Waals surface area contributed by atoms with Crippen molar-refractivity contribution >= 4 is 34.8 Å². The number of benzene rings is 2.